The average Bonchev–Trinajstić information content (AvgIpc) is 3.19. The molecule has 0 aromatic heterocycles. The molecular weight excluding hydrogens is 261 g/mol. The molecule has 2 aliphatic rings. The summed E-state index contributed by atoms with van der Waals surface area (Å²) in [6, 6.07) is 6.35. The molecule has 2 heteroatoms. The Hall–Kier alpha value is -0.890. The summed E-state index contributed by atoms with van der Waals surface area (Å²) < 4.78 is 13.8. The number of aryl methyl sites for hydroxylation is 1. The standard InChI is InChI=1S/C19H28FN/c1-13-8-15(10-16(20)9-13)18-11-19(2,3)7-6-14(18)12-21-17-4-5-17/h8-10,14,17-18,21H,4-7,11-12H2,1-3H3. The van der Waals surface area contributed by atoms with Gasteiger partial charge in [-0.3, -0.25) is 0 Å². The van der Waals surface area contributed by atoms with Crippen LogP contribution in [-0.4, -0.2) is 12.6 Å². The van der Waals surface area contributed by atoms with Gasteiger partial charge in [0.2, 0.25) is 0 Å². The van der Waals surface area contributed by atoms with Crippen molar-refractivity contribution in [2.24, 2.45) is 11.3 Å². The van der Waals surface area contributed by atoms with Gasteiger partial charge in [-0.25, -0.2) is 4.39 Å². The molecule has 21 heavy (non-hydrogen) atoms. The van der Waals surface area contributed by atoms with Crippen molar-refractivity contribution >= 4 is 0 Å². The zero-order chi connectivity index (χ0) is 15.0. The van der Waals surface area contributed by atoms with E-state index in [4.69, 9.17) is 0 Å². The van der Waals surface area contributed by atoms with Crippen LogP contribution in [0.2, 0.25) is 0 Å². The van der Waals surface area contributed by atoms with Crippen molar-refractivity contribution in [1.29, 1.82) is 0 Å². The lowest BCUT2D eigenvalue weighted by atomic mass is 9.65. The van der Waals surface area contributed by atoms with Crippen LogP contribution in [0.15, 0.2) is 18.2 Å². The molecule has 2 aliphatic carbocycles. The highest BCUT2D eigenvalue weighted by Crippen LogP contribution is 2.47. The Labute approximate surface area is 128 Å². The van der Waals surface area contributed by atoms with Gasteiger partial charge in [0.05, 0.1) is 0 Å². The third-order valence-electron chi connectivity index (χ3n) is 5.27. The van der Waals surface area contributed by atoms with Gasteiger partial charge in [0, 0.05) is 6.04 Å². The van der Waals surface area contributed by atoms with Gasteiger partial charge in [-0.2, -0.15) is 0 Å². The van der Waals surface area contributed by atoms with Crippen LogP contribution in [0.25, 0.3) is 0 Å². The fourth-order valence-electron chi connectivity index (χ4n) is 3.86. The number of benzene rings is 1. The molecule has 1 nitrogen and oxygen atoms in total. The molecule has 2 fully saturated rings. The molecule has 0 heterocycles. The first-order chi connectivity index (χ1) is 9.93. The molecule has 0 aliphatic heterocycles. The quantitative estimate of drug-likeness (QED) is 0.840. The Balaban J connectivity index is 1.80. The van der Waals surface area contributed by atoms with Crippen LogP contribution in [-0.2, 0) is 0 Å². The summed E-state index contributed by atoms with van der Waals surface area (Å²) in [7, 11) is 0. The highest BCUT2D eigenvalue weighted by Gasteiger charge is 2.36. The predicted octanol–water partition coefficient (Wildman–Crippen LogP) is 4.80. The molecule has 1 N–H and O–H groups in total. The lowest BCUT2D eigenvalue weighted by Gasteiger charge is -2.41. The second-order valence-electron chi connectivity index (χ2n) is 8.02. The number of halogens is 1. The zero-order valence-electron chi connectivity index (χ0n) is 13.6. The first-order valence-corrected chi connectivity index (χ1v) is 8.43. The molecule has 1 aromatic rings. The second-order valence-corrected chi connectivity index (χ2v) is 8.02. The van der Waals surface area contributed by atoms with Gasteiger partial charge in [-0.1, -0.05) is 19.9 Å². The van der Waals surface area contributed by atoms with E-state index in [0.717, 1.165) is 18.2 Å². The lowest BCUT2D eigenvalue weighted by molar-refractivity contribution is 0.159. The summed E-state index contributed by atoms with van der Waals surface area (Å²) in [5.41, 5.74) is 2.63. The van der Waals surface area contributed by atoms with E-state index in [1.807, 2.05) is 6.92 Å². The van der Waals surface area contributed by atoms with Gasteiger partial charge < -0.3 is 5.32 Å². The Morgan fingerprint density at radius 1 is 1.19 bits per heavy atom. The van der Waals surface area contributed by atoms with Crippen LogP contribution < -0.4 is 5.32 Å². The normalized spacial score (nSPS) is 28.6. The van der Waals surface area contributed by atoms with Gasteiger partial charge in [-0.15, -0.1) is 0 Å². The third kappa shape index (κ3) is 3.85. The molecule has 0 bridgehead atoms. The van der Waals surface area contributed by atoms with Gasteiger partial charge in [0.25, 0.3) is 0 Å². The van der Waals surface area contributed by atoms with Crippen LogP contribution in [0, 0.1) is 24.1 Å². The van der Waals surface area contributed by atoms with Crippen molar-refractivity contribution in [1.82, 2.24) is 5.32 Å². The average molecular weight is 289 g/mol. The molecular formula is C19H28FN. The third-order valence-corrected chi connectivity index (χ3v) is 5.27. The number of nitrogens with one attached hydrogen (secondary N) is 1. The first kappa shape index (κ1) is 15.0. The van der Waals surface area contributed by atoms with E-state index in [1.54, 1.807) is 12.1 Å². The predicted molar refractivity (Wildman–Crippen MR) is 86.0 cm³/mol. The summed E-state index contributed by atoms with van der Waals surface area (Å²) in [5, 5.41) is 3.69. The summed E-state index contributed by atoms with van der Waals surface area (Å²) in [6.07, 6.45) is 6.39. The van der Waals surface area contributed by atoms with Crippen molar-refractivity contribution in [3.63, 3.8) is 0 Å². The minimum Gasteiger partial charge on any atom is -0.314 e. The minimum atomic E-state index is -0.0812. The monoisotopic (exact) mass is 289 g/mol. The Morgan fingerprint density at radius 3 is 2.62 bits per heavy atom. The maximum atomic E-state index is 13.8. The topological polar surface area (TPSA) is 12.0 Å². The molecule has 1 aromatic carbocycles. The van der Waals surface area contributed by atoms with E-state index >= 15 is 0 Å². The fraction of sp³-hybridized carbons (Fsp3) is 0.684. The van der Waals surface area contributed by atoms with Gasteiger partial charge in [0.15, 0.2) is 0 Å². The van der Waals surface area contributed by atoms with E-state index in [0.29, 0.717) is 17.3 Å². The smallest absolute Gasteiger partial charge is 0.123 e. The van der Waals surface area contributed by atoms with E-state index in [2.05, 4.69) is 25.2 Å². The van der Waals surface area contributed by atoms with Gasteiger partial charge in [0.1, 0.15) is 5.82 Å². The van der Waals surface area contributed by atoms with Crippen molar-refractivity contribution < 1.29 is 4.39 Å². The van der Waals surface area contributed by atoms with E-state index in [1.165, 1.54) is 37.7 Å². The molecule has 0 saturated heterocycles. The Morgan fingerprint density at radius 2 is 1.95 bits per heavy atom. The molecule has 0 radical (unpaired) electrons. The summed E-state index contributed by atoms with van der Waals surface area (Å²) in [5.74, 6) is 1.07. The van der Waals surface area contributed by atoms with Crippen LogP contribution in [0.5, 0.6) is 0 Å². The van der Waals surface area contributed by atoms with E-state index in [-0.39, 0.29) is 5.82 Å². The zero-order valence-corrected chi connectivity index (χ0v) is 13.6. The van der Waals surface area contributed by atoms with Crippen LogP contribution in [0.3, 0.4) is 0 Å². The molecule has 2 saturated carbocycles. The maximum absolute atomic E-state index is 13.8. The van der Waals surface area contributed by atoms with Crippen molar-refractivity contribution in [2.75, 3.05) is 6.54 Å². The molecule has 2 atom stereocenters. The molecule has 3 rings (SSSR count). The molecule has 116 valence electrons. The van der Waals surface area contributed by atoms with Gasteiger partial charge in [-0.05, 0) is 86.1 Å². The molecule has 0 amide bonds. The fourth-order valence-corrected chi connectivity index (χ4v) is 3.86. The maximum Gasteiger partial charge on any atom is 0.123 e. The summed E-state index contributed by atoms with van der Waals surface area (Å²) >= 11 is 0. The van der Waals surface area contributed by atoms with Crippen LogP contribution >= 0.6 is 0 Å². The Kier molecular flexibility index (Phi) is 4.09. The number of hydrogen-bond donors (Lipinski definition) is 1. The van der Waals surface area contributed by atoms with Crippen molar-refractivity contribution in [2.45, 2.75) is 64.8 Å². The van der Waals surface area contributed by atoms with Crippen molar-refractivity contribution in [3.8, 4) is 0 Å². The Bertz CT molecular complexity index is 482. The second kappa shape index (κ2) is 5.72. The number of rotatable bonds is 4. The largest absolute Gasteiger partial charge is 0.314 e. The van der Waals surface area contributed by atoms with Crippen LogP contribution in [0.4, 0.5) is 4.39 Å². The summed E-state index contributed by atoms with van der Waals surface area (Å²) in [6.45, 7) is 7.81. The lowest BCUT2D eigenvalue weighted by Crippen LogP contribution is -2.35. The van der Waals surface area contributed by atoms with Crippen LogP contribution in [0.1, 0.15) is 63.0 Å². The van der Waals surface area contributed by atoms with E-state index < -0.39 is 0 Å². The first-order valence-electron chi connectivity index (χ1n) is 8.43. The highest BCUT2D eigenvalue weighted by molar-refractivity contribution is 5.28. The summed E-state index contributed by atoms with van der Waals surface area (Å²) in [4.78, 5) is 0. The van der Waals surface area contributed by atoms with Crippen molar-refractivity contribution in [3.05, 3.63) is 35.1 Å². The molecule has 0 spiro atoms. The van der Waals surface area contributed by atoms with Gasteiger partial charge >= 0.3 is 0 Å². The van der Waals surface area contributed by atoms with E-state index in [9.17, 15) is 4.39 Å². The number of hydrogen-bond acceptors (Lipinski definition) is 1. The highest BCUT2D eigenvalue weighted by atomic mass is 19.1. The molecule has 2 unspecified atom stereocenters. The minimum absolute atomic E-state index is 0.0812. The SMILES string of the molecule is Cc1cc(F)cc(C2CC(C)(C)CCC2CNC2CC2)c1.